The molecule has 0 aliphatic rings. The first kappa shape index (κ1) is 19.3. The Morgan fingerprint density at radius 1 is 1.07 bits per heavy atom. The molecule has 2 N–H and O–H groups in total. The molecular weight excluding hydrogens is 384 g/mol. The van der Waals surface area contributed by atoms with Gasteiger partial charge < -0.3 is 15.0 Å². The second-order valence-corrected chi connectivity index (χ2v) is 8.03. The average molecular weight is 400 g/mol. The van der Waals surface area contributed by atoms with E-state index >= 15 is 0 Å². The van der Waals surface area contributed by atoms with Crippen molar-refractivity contribution in [1.29, 1.82) is 0 Å². The van der Waals surface area contributed by atoms with Gasteiger partial charge in [0, 0.05) is 28.9 Å². The van der Waals surface area contributed by atoms with Crippen molar-refractivity contribution in [3.63, 3.8) is 0 Å². The number of pyridine rings is 1. The van der Waals surface area contributed by atoms with E-state index in [4.69, 9.17) is 4.74 Å². The smallest absolute Gasteiger partial charge is 0.339 e. The zero-order valence-corrected chi connectivity index (χ0v) is 15.6. The molecule has 0 aliphatic carbocycles. The predicted octanol–water partition coefficient (Wildman–Crippen LogP) is 1.73. The quantitative estimate of drug-likeness (QED) is 0.629. The maximum atomic E-state index is 12.3. The van der Waals surface area contributed by atoms with Gasteiger partial charge in [0.15, 0.2) is 16.4 Å². The third kappa shape index (κ3) is 4.44. The minimum Gasteiger partial charge on any atom is -0.452 e. The number of benzene rings is 2. The summed E-state index contributed by atoms with van der Waals surface area (Å²) >= 11 is 0. The second kappa shape index (κ2) is 7.65. The van der Waals surface area contributed by atoms with E-state index in [-0.39, 0.29) is 10.5 Å². The average Bonchev–Trinajstić information content (AvgIpc) is 2.65. The molecule has 144 valence electrons. The van der Waals surface area contributed by atoms with E-state index < -0.39 is 33.9 Å². The van der Waals surface area contributed by atoms with Crippen molar-refractivity contribution in [1.82, 2.24) is 4.98 Å². The van der Waals surface area contributed by atoms with Gasteiger partial charge in [0.25, 0.3) is 5.91 Å². The van der Waals surface area contributed by atoms with Crippen LogP contribution in [-0.4, -0.2) is 38.1 Å². The lowest BCUT2D eigenvalue weighted by molar-refractivity contribution is -0.119. The fourth-order valence-corrected chi connectivity index (χ4v) is 3.20. The van der Waals surface area contributed by atoms with Crippen molar-refractivity contribution in [3.8, 4) is 0 Å². The highest BCUT2D eigenvalue weighted by Crippen LogP contribution is 2.16. The zero-order chi connectivity index (χ0) is 20.3. The lowest BCUT2D eigenvalue weighted by atomic mass is 10.1. The lowest BCUT2D eigenvalue weighted by Crippen LogP contribution is -2.22. The SMILES string of the molecule is CS(=O)(=O)c1ccc(NC(=O)COC(=O)c2cc(=O)[nH]c3ccccc23)cc1. The highest BCUT2D eigenvalue weighted by Gasteiger charge is 2.15. The molecule has 0 atom stereocenters. The van der Waals surface area contributed by atoms with Crippen molar-refractivity contribution in [3.05, 3.63) is 70.5 Å². The normalized spacial score (nSPS) is 11.2. The Balaban J connectivity index is 1.67. The summed E-state index contributed by atoms with van der Waals surface area (Å²) in [5.74, 6) is -1.40. The number of H-pyrrole nitrogens is 1. The maximum Gasteiger partial charge on any atom is 0.339 e. The van der Waals surface area contributed by atoms with E-state index in [9.17, 15) is 22.8 Å². The van der Waals surface area contributed by atoms with E-state index in [2.05, 4.69) is 10.3 Å². The summed E-state index contributed by atoms with van der Waals surface area (Å²) in [5, 5.41) is 3.00. The van der Waals surface area contributed by atoms with E-state index in [1.54, 1.807) is 24.3 Å². The number of carbonyl (C=O) groups excluding carboxylic acids is 2. The summed E-state index contributed by atoms with van der Waals surface area (Å²) in [6.45, 7) is -0.562. The van der Waals surface area contributed by atoms with Crippen molar-refractivity contribution >= 4 is 38.3 Å². The molecule has 9 heteroatoms. The molecule has 0 bridgehead atoms. The molecule has 3 rings (SSSR count). The van der Waals surface area contributed by atoms with Crippen LogP contribution in [0.1, 0.15) is 10.4 Å². The van der Waals surface area contributed by atoms with Crippen LogP contribution in [0.4, 0.5) is 5.69 Å². The number of hydrogen-bond donors (Lipinski definition) is 2. The Labute approximate surface area is 160 Å². The summed E-state index contributed by atoms with van der Waals surface area (Å²) in [6.07, 6.45) is 1.08. The van der Waals surface area contributed by atoms with E-state index in [1.165, 1.54) is 24.3 Å². The van der Waals surface area contributed by atoms with Crippen molar-refractivity contribution in [2.75, 3.05) is 18.2 Å². The number of carbonyl (C=O) groups is 2. The Bertz CT molecular complexity index is 1210. The molecule has 0 radical (unpaired) electrons. The van der Waals surface area contributed by atoms with Gasteiger partial charge in [-0.1, -0.05) is 18.2 Å². The highest BCUT2D eigenvalue weighted by molar-refractivity contribution is 7.90. The third-order valence-electron chi connectivity index (χ3n) is 3.87. The van der Waals surface area contributed by atoms with Crippen LogP contribution in [0.25, 0.3) is 10.9 Å². The summed E-state index contributed by atoms with van der Waals surface area (Å²) < 4.78 is 27.9. The lowest BCUT2D eigenvalue weighted by Gasteiger charge is -2.08. The fraction of sp³-hybridized carbons (Fsp3) is 0.105. The largest absolute Gasteiger partial charge is 0.452 e. The van der Waals surface area contributed by atoms with E-state index in [0.29, 0.717) is 16.6 Å². The van der Waals surface area contributed by atoms with Crippen LogP contribution in [0.15, 0.2) is 64.3 Å². The topological polar surface area (TPSA) is 122 Å². The Kier molecular flexibility index (Phi) is 5.27. The van der Waals surface area contributed by atoms with Gasteiger partial charge in [-0.25, -0.2) is 13.2 Å². The molecule has 0 spiro atoms. The minimum absolute atomic E-state index is 0.0599. The second-order valence-electron chi connectivity index (χ2n) is 6.01. The number of fused-ring (bicyclic) bond motifs is 1. The Morgan fingerprint density at radius 2 is 1.75 bits per heavy atom. The molecule has 1 aromatic heterocycles. The van der Waals surface area contributed by atoms with Crippen LogP contribution in [0.5, 0.6) is 0 Å². The van der Waals surface area contributed by atoms with Gasteiger partial charge in [0.2, 0.25) is 5.56 Å². The Hall–Kier alpha value is -3.46. The number of aromatic nitrogens is 1. The van der Waals surface area contributed by atoms with Crippen LogP contribution in [-0.2, 0) is 19.4 Å². The van der Waals surface area contributed by atoms with Gasteiger partial charge in [-0.05, 0) is 30.3 Å². The van der Waals surface area contributed by atoms with Gasteiger partial charge in [-0.2, -0.15) is 0 Å². The summed E-state index contributed by atoms with van der Waals surface area (Å²) in [7, 11) is -3.33. The van der Waals surface area contributed by atoms with Crippen molar-refractivity contribution < 1.29 is 22.7 Å². The van der Waals surface area contributed by atoms with Gasteiger partial charge in [-0.3, -0.25) is 9.59 Å². The number of aromatic amines is 1. The Morgan fingerprint density at radius 3 is 2.43 bits per heavy atom. The van der Waals surface area contributed by atoms with Crippen LogP contribution < -0.4 is 10.9 Å². The molecular formula is C19H16N2O6S. The van der Waals surface area contributed by atoms with E-state index in [1.807, 2.05) is 0 Å². The summed E-state index contributed by atoms with van der Waals surface area (Å²) in [4.78, 5) is 38.7. The van der Waals surface area contributed by atoms with Crippen LogP contribution in [0, 0.1) is 0 Å². The number of hydrogen-bond acceptors (Lipinski definition) is 6. The number of sulfone groups is 1. The molecule has 0 saturated heterocycles. The summed E-state index contributed by atoms with van der Waals surface area (Å²) in [6, 6.07) is 13.4. The van der Waals surface area contributed by atoms with Gasteiger partial charge in [0.05, 0.1) is 10.5 Å². The van der Waals surface area contributed by atoms with Crippen LogP contribution in [0.2, 0.25) is 0 Å². The molecule has 3 aromatic rings. The van der Waals surface area contributed by atoms with Gasteiger partial charge >= 0.3 is 5.97 Å². The number of rotatable bonds is 5. The first-order valence-electron chi connectivity index (χ1n) is 8.13. The van der Waals surface area contributed by atoms with Gasteiger partial charge in [0.1, 0.15) is 0 Å². The number of esters is 1. The number of ether oxygens (including phenoxy) is 1. The summed E-state index contributed by atoms with van der Waals surface area (Å²) in [5.41, 5.74) is 0.443. The zero-order valence-electron chi connectivity index (χ0n) is 14.8. The molecule has 28 heavy (non-hydrogen) atoms. The number of nitrogens with one attached hydrogen (secondary N) is 2. The molecule has 8 nitrogen and oxygen atoms in total. The number of para-hydroxylation sites is 1. The van der Waals surface area contributed by atoms with Crippen molar-refractivity contribution in [2.45, 2.75) is 4.90 Å². The van der Waals surface area contributed by atoms with E-state index in [0.717, 1.165) is 12.3 Å². The highest BCUT2D eigenvalue weighted by atomic mass is 32.2. The molecule has 0 unspecified atom stereocenters. The first-order valence-corrected chi connectivity index (χ1v) is 10.0. The molecule has 1 heterocycles. The number of anilines is 1. The fourth-order valence-electron chi connectivity index (χ4n) is 2.56. The number of amides is 1. The molecule has 0 fully saturated rings. The van der Waals surface area contributed by atoms with Crippen LogP contribution >= 0.6 is 0 Å². The molecule has 0 saturated carbocycles. The molecule has 1 amide bonds. The molecule has 2 aromatic carbocycles. The van der Waals surface area contributed by atoms with Crippen LogP contribution in [0.3, 0.4) is 0 Å². The predicted molar refractivity (Wildman–Crippen MR) is 103 cm³/mol. The van der Waals surface area contributed by atoms with Gasteiger partial charge in [-0.15, -0.1) is 0 Å². The minimum atomic E-state index is -3.33. The standard InChI is InChI=1S/C19H16N2O6S/c1-28(25,26)13-8-6-12(7-9-13)20-18(23)11-27-19(24)15-10-17(22)21-16-5-3-2-4-14(15)16/h2-10H,11H2,1H3,(H,20,23)(H,21,22). The molecule has 0 aliphatic heterocycles. The first-order chi connectivity index (χ1) is 13.2. The monoisotopic (exact) mass is 400 g/mol. The third-order valence-corrected chi connectivity index (χ3v) is 5.00. The maximum absolute atomic E-state index is 12.3. The van der Waals surface area contributed by atoms with Crippen molar-refractivity contribution in [2.24, 2.45) is 0 Å².